The highest BCUT2D eigenvalue weighted by molar-refractivity contribution is 8.18. The van der Waals surface area contributed by atoms with Crippen molar-refractivity contribution in [2.45, 2.75) is 13.0 Å². The number of methoxy groups -OCH3 is 1. The molecule has 2 amide bonds. The van der Waals surface area contributed by atoms with Crippen molar-refractivity contribution in [1.29, 1.82) is 0 Å². The second-order valence-electron chi connectivity index (χ2n) is 6.71. The lowest BCUT2D eigenvalue weighted by atomic mass is 10.2. The molecule has 0 saturated carbocycles. The summed E-state index contributed by atoms with van der Waals surface area (Å²) in [5.74, 6) is -0.168. The first-order valence-corrected chi connectivity index (χ1v) is 11.0. The molecule has 0 unspecified atom stereocenters. The van der Waals surface area contributed by atoms with Crippen molar-refractivity contribution in [3.8, 4) is 5.75 Å². The van der Waals surface area contributed by atoms with Crippen LogP contribution in [0.2, 0.25) is 10.0 Å². The van der Waals surface area contributed by atoms with Crippen molar-refractivity contribution >= 4 is 57.9 Å². The Labute approximate surface area is 198 Å². The maximum atomic E-state index is 12.5. The molecule has 32 heavy (non-hydrogen) atoms. The molecular weight excluding hydrogens is 479 g/mol. The molecule has 8 nitrogen and oxygen atoms in total. The number of hydrogen-bond donors (Lipinski definition) is 0. The minimum atomic E-state index is -0.489. The zero-order valence-electron chi connectivity index (χ0n) is 16.9. The Bertz CT molecular complexity index is 1070. The van der Waals surface area contributed by atoms with Crippen LogP contribution in [-0.2, 0) is 16.1 Å². The van der Waals surface area contributed by atoms with E-state index in [0.717, 1.165) is 11.8 Å². The predicted molar refractivity (Wildman–Crippen MR) is 123 cm³/mol. The van der Waals surface area contributed by atoms with E-state index in [1.807, 2.05) is 0 Å². The third-order valence-electron chi connectivity index (χ3n) is 4.43. The van der Waals surface area contributed by atoms with Gasteiger partial charge in [-0.1, -0.05) is 35.3 Å². The molecule has 1 saturated heterocycles. The second kappa shape index (κ2) is 10.8. The Morgan fingerprint density at radius 1 is 1.19 bits per heavy atom. The molecular formula is C21H18Cl2N2O6S. The molecule has 0 bridgehead atoms. The lowest BCUT2D eigenvalue weighted by Crippen LogP contribution is -2.29. The summed E-state index contributed by atoms with van der Waals surface area (Å²) in [5.41, 5.74) is 1.07. The van der Waals surface area contributed by atoms with Crippen molar-refractivity contribution < 1.29 is 24.0 Å². The number of nitro groups is 1. The fourth-order valence-electron chi connectivity index (χ4n) is 2.93. The third-order valence-corrected chi connectivity index (χ3v) is 5.90. The van der Waals surface area contributed by atoms with Crippen LogP contribution < -0.4 is 4.74 Å². The van der Waals surface area contributed by atoms with Crippen LogP contribution >= 0.6 is 35.0 Å². The fourth-order valence-corrected chi connectivity index (χ4v) is 4.41. The molecule has 168 valence electrons. The Hall–Kier alpha value is -2.59. The number of nitrogens with zero attached hydrogens (tertiary/aromatic N) is 2. The first-order chi connectivity index (χ1) is 15.3. The Balaban J connectivity index is 1.73. The number of ether oxygens (including phenoxy) is 2. The molecule has 0 spiro atoms. The number of nitro benzene ring substituents is 1. The number of rotatable bonds is 9. The van der Waals surface area contributed by atoms with Crippen LogP contribution in [0.15, 0.2) is 41.3 Å². The molecule has 1 fully saturated rings. The van der Waals surface area contributed by atoms with Gasteiger partial charge in [-0.3, -0.25) is 24.6 Å². The van der Waals surface area contributed by atoms with Gasteiger partial charge in [-0.2, -0.15) is 0 Å². The van der Waals surface area contributed by atoms with Crippen molar-refractivity contribution in [2.75, 3.05) is 20.3 Å². The van der Waals surface area contributed by atoms with Crippen LogP contribution in [0.25, 0.3) is 6.08 Å². The topological polar surface area (TPSA) is 99.0 Å². The summed E-state index contributed by atoms with van der Waals surface area (Å²) >= 11 is 13.5. The summed E-state index contributed by atoms with van der Waals surface area (Å²) in [6, 6.07) is 9.16. The van der Waals surface area contributed by atoms with Gasteiger partial charge in [-0.25, -0.2) is 0 Å². The van der Waals surface area contributed by atoms with Gasteiger partial charge in [0.15, 0.2) is 5.75 Å². The SMILES string of the molecule is COCCCN1C(=O)S/C(=C/c2cc(Cl)c(OCc3cccc([N+](=O)[O-])c3)c(Cl)c2)C1=O. The van der Waals surface area contributed by atoms with E-state index >= 15 is 0 Å². The van der Waals surface area contributed by atoms with Gasteiger partial charge in [-0.15, -0.1) is 0 Å². The van der Waals surface area contributed by atoms with Crippen LogP contribution in [0, 0.1) is 10.1 Å². The van der Waals surface area contributed by atoms with Gasteiger partial charge in [0.25, 0.3) is 16.8 Å². The molecule has 3 rings (SSSR count). The van der Waals surface area contributed by atoms with Crippen LogP contribution in [0.3, 0.4) is 0 Å². The normalized spacial score (nSPS) is 15.0. The van der Waals surface area contributed by atoms with Gasteiger partial charge < -0.3 is 9.47 Å². The molecule has 2 aromatic rings. The largest absolute Gasteiger partial charge is 0.486 e. The zero-order valence-corrected chi connectivity index (χ0v) is 19.2. The molecule has 0 atom stereocenters. The summed E-state index contributed by atoms with van der Waals surface area (Å²) in [7, 11) is 1.55. The monoisotopic (exact) mass is 496 g/mol. The summed E-state index contributed by atoms with van der Waals surface area (Å²) in [5, 5.41) is 11.0. The summed E-state index contributed by atoms with van der Waals surface area (Å²) in [4.78, 5) is 36.5. The van der Waals surface area contributed by atoms with Crippen molar-refractivity contribution in [1.82, 2.24) is 4.90 Å². The zero-order chi connectivity index (χ0) is 23.3. The van der Waals surface area contributed by atoms with Gasteiger partial charge >= 0.3 is 0 Å². The highest BCUT2D eigenvalue weighted by Gasteiger charge is 2.34. The predicted octanol–water partition coefficient (Wildman–Crippen LogP) is 5.55. The van der Waals surface area contributed by atoms with Crippen LogP contribution in [0.4, 0.5) is 10.5 Å². The standard InChI is InChI=1S/C21H18Cl2N2O6S/c1-30-7-3-6-24-20(26)18(32-21(24)27)11-14-9-16(22)19(17(23)10-14)31-12-13-4-2-5-15(8-13)25(28)29/h2,4-5,8-11H,3,6-7,12H2,1H3/b18-11+. The van der Waals surface area contributed by atoms with E-state index in [9.17, 15) is 19.7 Å². The average molecular weight is 497 g/mol. The van der Waals surface area contributed by atoms with E-state index in [2.05, 4.69) is 0 Å². The average Bonchev–Trinajstić information content (AvgIpc) is 3.00. The van der Waals surface area contributed by atoms with Crippen molar-refractivity contribution in [2.24, 2.45) is 0 Å². The number of benzene rings is 2. The van der Waals surface area contributed by atoms with Gasteiger partial charge in [0.05, 0.1) is 19.9 Å². The molecule has 1 aliphatic rings. The smallest absolute Gasteiger partial charge is 0.293 e. The van der Waals surface area contributed by atoms with E-state index in [4.69, 9.17) is 32.7 Å². The molecule has 0 N–H and O–H groups in total. The number of amides is 2. The number of carbonyl (C=O) groups excluding carboxylic acids is 2. The van der Waals surface area contributed by atoms with Crippen LogP contribution in [0.1, 0.15) is 17.5 Å². The van der Waals surface area contributed by atoms with E-state index in [0.29, 0.717) is 24.2 Å². The van der Waals surface area contributed by atoms with E-state index in [1.165, 1.54) is 17.0 Å². The van der Waals surface area contributed by atoms with Crippen LogP contribution in [-0.4, -0.2) is 41.2 Å². The molecule has 0 aliphatic carbocycles. The quantitative estimate of drug-likeness (QED) is 0.194. The fraction of sp³-hybridized carbons (Fsp3) is 0.238. The highest BCUT2D eigenvalue weighted by atomic mass is 35.5. The lowest BCUT2D eigenvalue weighted by Gasteiger charge is -2.12. The van der Waals surface area contributed by atoms with Gasteiger partial charge in [0, 0.05) is 32.4 Å². The Morgan fingerprint density at radius 3 is 2.56 bits per heavy atom. The first-order valence-electron chi connectivity index (χ1n) is 9.39. The van der Waals surface area contributed by atoms with E-state index < -0.39 is 4.92 Å². The first kappa shape index (κ1) is 24.1. The number of halogens is 2. The highest BCUT2D eigenvalue weighted by Crippen LogP contribution is 2.38. The summed E-state index contributed by atoms with van der Waals surface area (Å²) in [6.45, 7) is 0.756. The number of non-ortho nitro benzene ring substituents is 1. The lowest BCUT2D eigenvalue weighted by molar-refractivity contribution is -0.384. The van der Waals surface area contributed by atoms with Crippen molar-refractivity contribution in [3.05, 3.63) is 72.6 Å². The third kappa shape index (κ3) is 5.80. The summed E-state index contributed by atoms with van der Waals surface area (Å²) < 4.78 is 10.6. The molecule has 1 aliphatic heterocycles. The summed E-state index contributed by atoms with van der Waals surface area (Å²) in [6.07, 6.45) is 2.10. The molecule has 11 heteroatoms. The van der Waals surface area contributed by atoms with Gasteiger partial charge in [-0.05, 0) is 47.5 Å². The van der Waals surface area contributed by atoms with E-state index in [1.54, 1.807) is 37.5 Å². The van der Waals surface area contributed by atoms with Crippen LogP contribution in [0.5, 0.6) is 5.75 Å². The maximum absolute atomic E-state index is 12.5. The Morgan fingerprint density at radius 2 is 1.91 bits per heavy atom. The minimum Gasteiger partial charge on any atom is -0.486 e. The number of hydrogen-bond acceptors (Lipinski definition) is 7. The maximum Gasteiger partial charge on any atom is 0.293 e. The van der Waals surface area contributed by atoms with E-state index in [-0.39, 0.29) is 50.7 Å². The Kier molecular flexibility index (Phi) is 8.14. The van der Waals surface area contributed by atoms with Gasteiger partial charge in [0.1, 0.15) is 6.61 Å². The molecule has 2 aromatic carbocycles. The van der Waals surface area contributed by atoms with Gasteiger partial charge in [0.2, 0.25) is 0 Å². The number of imide groups is 1. The minimum absolute atomic E-state index is 0.0286. The number of carbonyl (C=O) groups is 2. The van der Waals surface area contributed by atoms with Crippen molar-refractivity contribution in [3.63, 3.8) is 0 Å². The molecule has 0 radical (unpaired) electrons. The molecule has 0 aromatic heterocycles. The number of thioether (sulfide) groups is 1. The second-order valence-corrected chi connectivity index (χ2v) is 8.52. The molecule has 1 heterocycles.